The summed E-state index contributed by atoms with van der Waals surface area (Å²) < 4.78 is 43.1. The van der Waals surface area contributed by atoms with E-state index < -0.39 is 11.7 Å². The molecule has 0 heterocycles. The number of hydrogen-bond donors (Lipinski definition) is 2. The van der Waals surface area contributed by atoms with Crippen LogP contribution in [0.4, 0.5) is 18.9 Å². The lowest BCUT2D eigenvalue weighted by molar-refractivity contribution is -0.137. The third-order valence-corrected chi connectivity index (χ3v) is 3.78. The minimum absolute atomic E-state index is 0.300. The smallest absolute Gasteiger partial charge is 0.416 e. The number of rotatable bonds is 6. The van der Waals surface area contributed by atoms with Gasteiger partial charge >= 0.3 is 6.18 Å². The molecule has 0 saturated heterocycles. The molecule has 0 atom stereocenters. The van der Waals surface area contributed by atoms with Gasteiger partial charge in [0.1, 0.15) is 5.75 Å². The summed E-state index contributed by atoms with van der Waals surface area (Å²) in [5.74, 6) is 0.813. The number of methoxy groups -OCH3 is 1. The number of benzene rings is 2. The van der Waals surface area contributed by atoms with E-state index in [4.69, 9.17) is 17.0 Å². The van der Waals surface area contributed by atoms with Crippen molar-refractivity contribution in [2.75, 3.05) is 19.0 Å². The highest BCUT2D eigenvalue weighted by Crippen LogP contribution is 2.30. The fourth-order valence-electron chi connectivity index (χ4n) is 2.24. The van der Waals surface area contributed by atoms with E-state index in [2.05, 4.69) is 10.6 Å². The summed E-state index contributed by atoms with van der Waals surface area (Å²) in [5, 5.41) is 6.07. The number of alkyl halides is 3. The lowest BCUT2D eigenvalue weighted by atomic mass is 10.1. The summed E-state index contributed by atoms with van der Waals surface area (Å²) in [7, 11) is 1.62. The second-order valence-electron chi connectivity index (χ2n) is 5.41. The summed E-state index contributed by atoms with van der Waals surface area (Å²) in [6, 6.07) is 12.8. The Balaban J connectivity index is 1.75. The first-order valence-corrected chi connectivity index (χ1v) is 8.14. The maximum absolute atomic E-state index is 12.7. The Hall–Kier alpha value is -2.28. The summed E-state index contributed by atoms with van der Waals surface area (Å²) >= 11 is 5.12. The summed E-state index contributed by atoms with van der Waals surface area (Å²) in [6.07, 6.45) is -2.66. The predicted octanol–water partition coefficient (Wildman–Crippen LogP) is 4.63. The largest absolute Gasteiger partial charge is 0.497 e. The predicted molar refractivity (Wildman–Crippen MR) is 97.0 cm³/mol. The SMILES string of the molecule is COc1ccc(CCCNC(=S)Nc2cccc(C(F)(F)F)c2)cc1. The van der Waals surface area contributed by atoms with Crippen LogP contribution in [0.3, 0.4) is 0 Å². The first-order valence-electron chi connectivity index (χ1n) is 7.73. The van der Waals surface area contributed by atoms with Gasteiger partial charge in [-0.3, -0.25) is 0 Å². The van der Waals surface area contributed by atoms with Crippen LogP contribution in [-0.4, -0.2) is 18.8 Å². The molecule has 0 spiro atoms. The van der Waals surface area contributed by atoms with E-state index in [1.807, 2.05) is 24.3 Å². The fourth-order valence-corrected chi connectivity index (χ4v) is 2.46. The van der Waals surface area contributed by atoms with Gasteiger partial charge in [-0.15, -0.1) is 0 Å². The van der Waals surface area contributed by atoms with Gasteiger partial charge in [0, 0.05) is 12.2 Å². The molecule has 0 bridgehead atoms. The van der Waals surface area contributed by atoms with Crippen molar-refractivity contribution in [3.63, 3.8) is 0 Å². The van der Waals surface area contributed by atoms with Gasteiger partial charge < -0.3 is 15.4 Å². The highest BCUT2D eigenvalue weighted by Gasteiger charge is 2.30. The molecule has 2 aromatic rings. The van der Waals surface area contributed by atoms with Gasteiger partial charge in [-0.1, -0.05) is 18.2 Å². The van der Waals surface area contributed by atoms with Crippen LogP contribution in [0.5, 0.6) is 5.75 Å². The van der Waals surface area contributed by atoms with Gasteiger partial charge in [-0.05, 0) is 61.0 Å². The molecule has 0 amide bonds. The Morgan fingerprint density at radius 3 is 2.48 bits per heavy atom. The van der Waals surface area contributed by atoms with Crippen LogP contribution in [0.2, 0.25) is 0 Å². The Morgan fingerprint density at radius 1 is 1.12 bits per heavy atom. The first kappa shape index (κ1) is 19.1. The van der Waals surface area contributed by atoms with Crippen LogP contribution in [-0.2, 0) is 12.6 Å². The van der Waals surface area contributed by atoms with Gasteiger partial charge in [-0.25, -0.2) is 0 Å². The van der Waals surface area contributed by atoms with Crippen molar-refractivity contribution >= 4 is 23.0 Å². The Bertz CT molecular complexity index is 702. The van der Waals surface area contributed by atoms with Crippen molar-refractivity contribution in [3.8, 4) is 5.75 Å². The normalized spacial score (nSPS) is 11.0. The van der Waals surface area contributed by atoms with E-state index in [0.29, 0.717) is 17.3 Å². The molecule has 25 heavy (non-hydrogen) atoms. The summed E-state index contributed by atoms with van der Waals surface area (Å²) in [5.41, 5.74) is 0.779. The lowest BCUT2D eigenvalue weighted by Crippen LogP contribution is -2.29. The molecule has 0 radical (unpaired) electrons. The van der Waals surface area contributed by atoms with Crippen LogP contribution in [0, 0.1) is 0 Å². The number of thiocarbonyl (C=S) groups is 1. The molecule has 0 aliphatic rings. The third-order valence-electron chi connectivity index (χ3n) is 3.53. The number of ether oxygens (including phenoxy) is 1. The minimum atomic E-state index is -4.37. The van der Waals surface area contributed by atoms with E-state index in [1.165, 1.54) is 11.6 Å². The second kappa shape index (κ2) is 8.71. The van der Waals surface area contributed by atoms with E-state index in [1.54, 1.807) is 13.2 Å². The Kier molecular flexibility index (Phi) is 6.64. The molecule has 0 fully saturated rings. The zero-order valence-electron chi connectivity index (χ0n) is 13.7. The monoisotopic (exact) mass is 368 g/mol. The maximum atomic E-state index is 12.7. The molecule has 0 unspecified atom stereocenters. The van der Waals surface area contributed by atoms with E-state index >= 15 is 0 Å². The zero-order chi connectivity index (χ0) is 18.3. The number of nitrogens with one attached hydrogen (secondary N) is 2. The summed E-state index contributed by atoms with van der Waals surface area (Å²) in [4.78, 5) is 0. The highest BCUT2D eigenvalue weighted by molar-refractivity contribution is 7.80. The van der Waals surface area contributed by atoms with E-state index in [0.717, 1.165) is 30.7 Å². The first-order chi connectivity index (χ1) is 11.9. The van der Waals surface area contributed by atoms with E-state index in [-0.39, 0.29) is 0 Å². The van der Waals surface area contributed by atoms with Crippen LogP contribution >= 0.6 is 12.2 Å². The molecule has 0 aliphatic heterocycles. The molecule has 2 rings (SSSR count). The third kappa shape index (κ3) is 6.26. The molecule has 0 saturated carbocycles. The number of hydrogen-bond acceptors (Lipinski definition) is 2. The molecule has 7 heteroatoms. The second-order valence-corrected chi connectivity index (χ2v) is 5.82. The van der Waals surface area contributed by atoms with Crippen molar-refractivity contribution in [1.82, 2.24) is 5.32 Å². The molecule has 0 aromatic heterocycles. The van der Waals surface area contributed by atoms with Crippen LogP contribution in [0.15, 0.2) is 48.5 Å². The lowest BCUT2D eigenvalue weighted by Gasteiger charge is -2.12. The molecule has 0 aliphatic carbocycles. The summed E-state index contributed by atoms with van der Waals surface area (Å²) in [6.45, 7) is 0.622. The average Bonchev–Trinajstić information content (AvgIpc) is 2.59. The number of halogens is 3. The van der Waals surface area contributed by atoms with Gasteiger partial charge in [0.15, 0.2) is 5.11 Å². The highest BCUT2D eigenvalue weighted by atomic mass is 32.1. The number of aryl methyl sites for hydroxylation is 1. The van der Waals surface area contributed by atoms with Crippen molar-refractivity contribution < 1.29 is 17.9 Å². The molecule has 134 valence electrons. The van der Waals surface area contributed by atoms with Crippen LogP contribution in [0.1, 0.15) is 17.5 Å². The zero-order valence-corrected chi connectivity index (χ0v) is 14.5. The Morgan fingerprint density at radius 2 is 1.84 bits per heavy atom. The van der Waals surface area contributed by atoms with Gasteiger partial charge in [0.25, 0.3) is 0 Å². The standard InChI is InChI=1S/C18H19F3N2OS/c1-24-16-9-7-13(8-10-16)4-3-11-22-17(25)23-15-6-2-5-14(12-15)18(19,20)21/h2,5-10,12H,3-4,11H2,1H3,(H2,22,23,25). The van der Waals surface area contributed by atoms with Crippen molar-refractivity contribution in [3.05, 3.63) is 59.7 Å². The minimum Gasteiger partial charge on any atom is -0.497 e. The van der Waals surface area contributed by atoms with Crippen molar-refractivity contribution in [2.24, 2.45) is 0 Å². The van der Waals surface area contributed by atoms with Crippen molar-refractivity contribution in [1.29, 1.82) is 0 Å². The molecular formula is C18H19F3N2OS. The topological polar surface area (TPSA) is 33.3 Å². The molecule has 2 N–H and O–H groups in total. The Labute approximate surface area is 150 Å². The van der Waals surface area contributed by atoms with Gasteiger partial charge in [0.2, 0.25) is 0 Å². The van der Waals surface area contributed by atoms with Crippen LogP contribution in [0.25, 0.3) is 0 Å². The van der Waals surface area contributed by atoms with Gasteiger partial charge in [-0.2, -0.15) is 13.2 Å². The number of anilines is 1. The fraction of sp³-hybridized carbons (Fsp3) is 0.278. The average molecular weight is 368 g/mol. The quantitative estimate of drug-likeness (QED) is 0.575. The van der Waals surface area contributed by atoms with Gasteiger partial charge in [0.05, 0.1) is 12.7 Å². The molecular weight excluding hydrogens is 349 g/mol. The molecule has 2 aromatic carbocycles. The maximum Gasteiger partial charge on any atom is 0.416 e. The van der Waals surface area contributed by atoms with Crippen LogP contribution < -0.4 is 15.4 Å². The van der Waals surface area contributed by atoms with Crippen molar-refractivity contribution in [2.45, 2.75) is 19.0 Å². The van der Waals surface area contributed by atoms with E-state index in [9.17, 15) is 13.2 Å². The molecule has 3 nitrogen and oxygen atoms in total.